The molecule has 0 fully saturated rings. The average Bonchev–Trinajstić information content (AvgIpc) is 2.70. The zero-order valence-corrected chi connectivity index (χ0v) is 10.9. The fraction of sp³-hybridized carbons (Fsp3) is 0.545. The van der Waals surface area contributed by atoms with E-state index in [4.69, 9.17) is 5.73 Å². The molecule has 0 aliphatic heterocycles. The Hall–Kier alpha value is -2.05. The van der Waals surface area contributed by atoms with Crippen LogP contribution in [0.3, 0.4) is 0 Å². The van der Waals surface area contributed by atoms with Crippen LogP contribution in [0.1, 0.15) is 31.3 Å². The average molecular weight is 253 g/mol. The largest absolute Gasteiger partial charge is 0.396 e. The molecule has 18 heavy (non-hydrogen) atoms. The number of amides is 2. The van der Waals surface area contributed by atoms with Crippen molar-refractivity contribution in [3.8, 4) is 0 Å². The Morgan fingerprint density at radius 1 is 1.50 bits per heavy atom. The summed E-state index contributed by atoms with van der Waals surface area (Å²) in [5.41, 5.74) is 6.27. The Morgan fingerprint density at radius 2 is 2.17 bits per heavy atom. The summed E-state index contributed by atoms with van der Waals surface area (Å²) in [6.07, 6.45) is 1.43. The number of nitrogens with zero attached hydrogens (tertiary/aromatic N) is 2. The number of carbonyl (C=O) groups excluding carboxylic acids is 2. The fourth-order valence-electron chi connectivity index (χ4n) is 1.55. The quantitative estimate of drug-likeness (QED) is 0.672. The number of rotatable bonds is 5. The van der Waals surface area contributed by atoms with Crippen molar-refractivity contribution in [3.63, 3.8) is 0 Å². The molecule has 0 spiro atoms. The fourth-order valence-corrected chi connectivity index (χ4v) is 1.55. The van der Waals surface area contributed by atoms with Crippen molar-refractivity contribution in [1.29, 1.82) is 0 Å². The third kappa shape index (κ3) is 2.99. The van der Waals surface area contributed by atoms with Gasteiger partial charge in [0.25, 0.3) is 5.91 Å². The second kappa shape index (κ2) is 6.04. The molecule has 1 aromatic rings. The molecule has 1 atom stereocenters. The molecule has 0 saturated carbocycles. The smallest absolute Gasteiger partial charge is 0.272 e. The van der Waals surface area contributed by atoms with E-state index in [0.29, 0.717) is 18.8 Å². The number of carbonyl (C=O) groups is 2. The van der Waals surface area contributed by atoms with Gasteiger partial charge in [0.15, 0.2) is 0 Å². The van der Waals surface area contributed by atoms with Gasteiger partial charge in [-0.15, -0.1) is 0 Å². The van der Waals surface area contributed by atoms with Crippen LogP contribution in [-0.4, -0.2) is 34.2 Å². The zero-order valence-electron chi connectivity index (χ0n) is 10.9. The van der Waals surface area contributed by atoms with Gasteiger partial charge in [0.05, 0.1) is 11.9 Å². The van der Waals surface area contributed by atoms with Crippen LogP contribution in [0.4, 0.5) is 5.69 Å². The lowest BCUT2D eigenvalue weighted by atomic mass is 10.2. The van der Waals surface area contributed by atoms with Crippen LogP contribution in [0.2, 0.25) is 0 Å². The minimum absolute atomic E-state index is 0.230. The monoisotopic (exact) mass is 253 g/mol. The highest BCUT2D eigenvalue weighted by Gasteiger charge is 2.20. The Kier molecular flexibility index (Phi) is 4.70. The maximum atomic E-state index is 12.0. The standard InChI is InChI=1S/C11H19N5O2/c1-4-13-10(17)7(3)15-11(18)9-8(12)6-14-16(9)5-2/h6-7H,4-5,12H2,1-3H3,(H,13,17)(H,15,18). The van der Waals surface area contributed by atoms with Crippen LogP contribution < -0.4 is 16.4 Å². The van der Waals surface area contributed by atoms with Crippen molar-refractivity contribution >= 4 is 17.5 Å². The molecule has 0 saturated heterocycles. The topological polar surface area (TPSA) is 102 Å². The summed E-state index contributed by atoms with van der Waals surface area (Å²) in [6, 6.07) is -0.614. The Morgan fingerprint density at radius 3 is 2.72 bits per heavy atom. The van der Waals surface area contributed by atoms with Gasteiger partial charge in [0.1, 0.15) is 11.7 Å². The van der Waals surface area contributed by atoms with Crippen LogP contribution in [0.25, 0.3) is 0 Å². The Labute approximate surface area is 106 Å². The predicted octanol–water partition coefficient (Wildman–Crippen LogP) is -0.260. The van der Waals surface area contributed by atoms with E-state index in [2.05, 4.69) is 15.7 Å². The van der Waals surface area contributed by atoms with Crippen molar-refractivity contribution in [2.75, 3.05) is 12.3 Å². The van der Waals surface area contributed by atoms with Gasteiger partial charge in [-0.1, -0.05) is 0 Å². The van der Waals surface area contributed by atoms with Gasteiger partial charge in [-0.05, 0) is 20.8 Å². The lowest BCUT2D eigenvalue weighted by Gasteiger charge is -2.14. The third-order valence-corrected chi connectivity index (χ3v) is 2.47. The normalized spacial score (nSPS) is 11.9. The first kappa shape index (κ1) is 14.0. The minimum Gasteiger partial charge on any atom is -0.396 e. The first-order valence-corrected chi connectivity index (χ1v) is 5.91. The molecule has 0 bridgehead atoms. The summed E-state index contributed by atoms with van der Waals surface area (Å²) < 4.78 is 1.50. The molecular weight excluding hydrogens is 234 g/mol. The van der Waals surface area contributed by atoms with Crippen molar-refractivity contribution in [1.82, 2.24) is 20.4 Å². The molecule has 1 unspecified atom stereocenters. The maximum absolute atomic E-state index is 12.0. The van der Waals surface area contributed by atoms with E-state index in [0.717, 1.165) is 0 Å². The van der Waals surface area contributed by atoms with Gasteiger partial charge in [0, 0.05) is 13.1 Å². The second-order valence-corrected chi connectivity index (χ2v) is 3.85. The number of nitrogens with two attached hydrogens (primary N) is 1. The number of aryl methyl sites for hydroxylation is 1. The molecule has 0 radical (unpaired) electrons. The van der Waals surface area contributed by atoms with E-state index >= 15 is 0 Å². The first-order chi connectivity index (χ1) is 8.51. The van der Waals surface area contributed by atoms with Gasteiger partial charge in [-0.2, -0.15) is 5.10 Å². The molecule has 4 N–H and O–H groups in total. The molecule has 1 rings (SSSR count). The molecule has 7 heteroatoms. The van der Waals surface area contributed by atoms with E-state index < -0.39 is 11.9 Å². The lowest BCUT2D eigenvalue weighted by molar-refractivity contribution is -0.122. The van der Waals surface area contributed by atoms with Crippen molar-refractivity contribution in [3.05, 3.63) is 11.9 Å². The summed E-state index contributed by atoms with van der Waals surface area (Å²) in [7, 11) is 0. The number of nitrogen functional groups attached to an aromatic ring is 1. The number of nitrogens with one attached hydrogen (secondary N) is 2. The summed E-state index contributed by atoms with van der Waals surface area (Å²) in [6.45, 7) is 6.35. The van der Waals surface area contributed by atoms with E-state index in [1.165, 1.54) is 10.9 Å². The number of hydrogen-bond donors (Lipinski definition) is 3. The Bertz CT molecular complexity index is 441. The highest BCUT2D eigenvalue weighted by molar-refractivity contribution is 5.99. The molecule has 0 aliphatic rings. The Balaban J connectivity index is 2.76. The van der Waals surface area contributed by atoms with Gasteiger partial charge < -0.3 is 16.4 Å². The van der Waals surface area contributed by atoms with E-state index in [-0.39, 0.29) is 11.6 Å². The van der Waals surface area contributed by atoms with Crippen molar-refractivity contribution < 1.29 is 9.59 Å². The van der Waals surface area contributed by atoms with Crippen LogP contribution in [0.5, 0.6) is 0 Å². The molecule has 1 heterocycles. The van der Waals surface area contributed by atoms with E-state index in [1.54, 1.807) is 6.92 Å². The highest BCUT2D eigenvalue weighted by atomic mass is 16.2. The number of aromatic nitrogens is 2. The molecule has 100 valence electrons. The van der Waals surface area contributed by atoms with Crippen LogP contribution in [-0.2, 0) is 11.3 Å². The molecular formula is C11H19N5O2. The third-order valence-electron chi connectivity index (χ3n) is 2.47. The lowest BCUT2D eigenvalue weighted by Crippen LogP contribution is -2.45. The summed E-state index contributed by atoms with van der Waals surface area (Å²) >= 11 is 0. The van der Waals surface area contributed by atoms with Crippen LogP contribution in [0, 0.1) is 0 Å². The van der Waals surface area contributed by atoms with Gasteiger partial charge in [0.2, 0.25) is 5.91 Å². The number of likely N-dealkylation sites (N-methyl/N-ethyl adjacent to an activating group) is 1. The molecule has 7 nitrogen and oxygen atoms in total. The minimum atomic E-state index is -0.614. The molecule has 2 amide bonds. The zero-order chi connectivity index (χ0) is 13.7. The first-order valence-electron chi connectivity index (χ1n) is 5.91. The summed E-state index contributed by atoms with van der Waals surface area (Å²) in [4.78, 5) is 23.5. The molecule has 0 aromatic carbocycles. The second-order valence-electron chi connectivity index (χ2n) is 3.85. The number of hydrogen-bond acceptors (Lipinski definition) is 4. The number of anilines is 1. The van der Waals surface area contributed by atoms with Crippen molar-refractivity contribution in [2.45, 2.75) is 33.4 Å². The van der Waals surface area contributed by atoms with Crippen LogP contribution in [0.15, 0.2) is 6.20 Å². The summed E-state index contributed by atoms with van der Waals surface area (Å²) in [5, 5.41) is 9.20. The maximum Gasteiger partial charge on any atom is 0.272 e. The predicted molar refractivity (Wildman–Crippen MR) is 67.9 cm³/mol. The summed E-state index contributed by atoms with van der Waals surface area (Å²) in [5.74, 6) is -0.627. The highest BCUT2D eigenvalue weighted by Crippen LogP contribution is 2.10. The molecule has 0 aliphatic carbocycles. The van der Waals surface area contributed by atoms with Gasteiger partial charge in [-0.3, -0.25) is 14.3 Å². The van der Waals surface area contributed by atoms with Crippen LogP contribution >= 0.6 is 0 Å². The van der Waals surface area contributed by atoms with E-state index in [1.807, 2.05) is 13.8 Å². The van der Waals surface area contributed by atoms with Gasteiger partial charge >= 0.3 is 0 Å². The van der Waals surface area contributed by atoms with Crippen molar-refractivity contribution in [2.24, 2.45) is 0 Å². The molecule has 1 aromatic heterocycles. The van der Waals surface area contributed by atoms with E-state index in [9.17, 15) is 9.59 Å². The van der Waals surface area contributed by atoms with Gasteiger partial charge in [-0.25, -0.2) is 0 Å². The SMILES string of the molecule is CCNC(=O)C(C)NC(=O)c1c(N)cnn1CC.